The minimum Gasteiger partial charge on any atom is -0.409 e. The van der Waals surface area contributed by atoms with Gasteiger partial charge in [0.25, 0.3) is 0 Å². The molecule has 0 atom stereocenters. The molecule has 4 heteroatoms. The second-order valence-corrected chi connectivity index (χ2v) is 1.56. The van der Waals surface area contributed by atoms with E-state index in [2.05, 4.69) is 5.16 Å². The van der Waals surface area contributed by atoms with E-state index in [-0.39, 0.29) is 0 Å². The van der Waals surface area contributed by atoms with Crippen LogP contribution in [0.3, 0.4) is 0 Å². The highest BCUT2D eigenvalue weighted by Crippen LogP contribution is 1.83. The van der Waals surface area contributed by atoms with Gasteiger partial charge in [-0.1, -0.05) is 12.1 Å². The van der Waals surface area contributed by atoms with E-state index in [9.17, 15) is 0 Å². The first-order valence-corrected chi connectivity index (χ1v) is 3.00. The van der Waals surface area contributed by atoms with Gasteiger partial charge in [0, 0.05) is 13.3 Å². The Labute approximate surface area is 60.9 Å². The third-order valence-corrected chi connectivity index (χ3v) is 0.635. The molecule has 0 aromatic carbocycles. The summed E-state index contributed by atoms with van der Waals surface area (Å²) in [5, 5.41) is 18.0. The summed E-state index contributed by atoms with van der Waals surface area (Å²) in [6, 6.07) is 1.75. The van der Waals surface area contributed by atoms with Crippen LogP contribution < -0.4 is 5.73 Å². The van der Waals surface area contributed by atoms with Crippen molar-refractivity contribution in [3.8, 4) is 6.07 Å². The first kappa shape index (κ1) is 11.5. The number of hydrogen-bond acceptors (Lipinski definition) is 3. The summed E-state index contributed by atoms with van der Waals surface area (Å²) in [6.45, 7) is 3.40. The molecule has 0 saturated heterocycles. The number of rotatable bonds is 2. The van der Waals surface area contributed by atoms with Crippen molar-refractivity contribution < 1.29 is 5.21 Å². The van der Waals surface area contributed by atoms with Crippen LogP contribution in [0.1, 0.15) is 26.7 Å². The number of hydrogen-bond donors (Lipinski definition) is 2. The summed E-state index contributed by atoms with van der Waals surface area (Å²) in [7, 11) is 0. The Bertz CT molecular complexity index is 125. The zero-order valence-electron chi connectivity index (χ0n) is 6.33. The first-order valence-electron chi connectivity index (χ1n) is 3.00. The van der Waals surface area contributed by atoms with Crippen LogP contribution in [0.15, 0.2) is 5.16 Å². The van der Waals surface area contributed by atoms with Crippen LogP contribution in [0.4, 0.5) is 0 Å². The van der Waals surface area contributed by atoms with Gasteiger partial charge in [0.1, 0.15) is 5.84 Å². The van der Waals surface area contributed by atoms with Crippen LogP contribution in [0.5, 0.6) is 0 Å². The normalized spacial score (nSPS) is 9.10. The molecular weight excluding hydrogens is 130 g/mol. The van der Waals surface area contributed by atoms with E-state index in [0.29, 0.717) is 12.3 Å². The maximum Gasteiger partial charge on any atom is 0.139 e. The van der Waals surface area contributed by atoms with Crippen LogP contribution in [-0.2, 0) is 0 Å². The minimum atomic E-state index is 0.308. The lowest BCUT2D eigenvalue weighted by Gasteiger charge is -1.88. The molecule has 10 heavy (non-hydrogen) atoms. The van der Waals surface area contributed by atoms with Crippen molar-refractivity contribution >= 4 is 5.84 Å². The highest BCUT2D eigenvalue weighted by Gasteiger charge is 1.84. The number of nitrogens with zero attached hydrogens (tertiary/aromatic N) is 2. The van der Waals surface area contributed by atoms with Gasteiger partial charge < -0.3 is 10.9 Å². The molecule has 0 unspecified atom stereocenters. The third kappa shape index (κ3) is 15.9. The third-order valence-electron chi connectivity index (χ3n) is 0.635. The fourth-order valence-electron chi connectivity index (χ4n) is 0.306. The molecule has 0 amide bonds. The SMILES string of the molecule is CC#N.CCCC(N)=NO. The summed E-state index contributed by atoms with van der Waals surface area (Å²) in [4.78, 5) is 0. The predicted molar refractivity (Wildman–Crippen MR) is 39.6 cm³/mol. The molecule has 0 aromatic heterocycles. The Balaban J connectivity index is 0. The van der Waals surface area contributed by atoms with Crippen LogP contribution in [-0.4, -0.2) is 11.0 Å². The minimum absolute atomic E-state index is 0.308. The van der Waals surface area contributed by atoms with Crippen molar-refractivity contribution in [1.29, 1.82) is 5.26 Å². The van der Waals surface area contributed by atoms with Gasteiger partial charge in [-0.25, -0.2) is 0 Å². The number of oxime groups is 1. The molecule has 0 fully saturated rings. The molecule has 0 aliphatic carbocycles. The zero-order chi connectivity index (χ0) is 8.41. The van der Waals surface area contributed by atoms with Crippen LogP contribution in [0.25, 0.3) is 0 Å². The Morgan fingerprint density at radius 2 is 2.20 bits per heavy atom. The summed E-state index contributed by atoms with van der Waals surface area (Å²) < 4.78 is 0. The summed E-state index contributed by atoms with van der Waals surface area (Å²) >= 11 is 0. The van der Waals surface area contributed by atoms with E-state index in [1.807, 2.05) is 6.92 Å². The topological polar surface area (TPSA) is 82.4 Å². The van der Waals surface area contributed by atoms with E-state index in [1.165, 1.54) is 6.92 Å². The van der Waals surface area contributed by atoms with Crippen molar-refractivity contribution in [3.63, 3.8) is 0 Å². The molecule has 0 radical (unpaired) electrons. The van der Waals surface area contributed by atoms with Crippen LogP contribution >= 0.6 is 0 Å². The molecule has 0 aliphatic rings. The molecule has 4 nitrogen and oxygen atoms in total. The summed E-state index contributed by atoms with van der Waals surface area (Å²) in [6.07, 6.45) is 1.60. The van der Waals surface area contributed by atoms with Gasteiger partial charge in [-0.2, -0.15) is 5.26 Å². The van der Waals surface area contributed by atoms with E-state index < -0.39 is 0 Å². The molecule has 3 N–H and O–H groups in total. The Morgan fingerprint density at radius 1 is 1.80 bits per heavy atom. The van der Waals surface area contributed by atoms with Gasteiger partial charge in [0.2, 0.25) is 0 Å². The van der Waals surface area contributed by atoms with Crippen molar-refractivity contribution in [2.75, 3.05) is 0 Å². The quantitative estimate of drug-likeness (QED) is 0.262. The average Bonchev–Trinajstić information content (AvgIpc) is 1.90. The summed E-state index contributed by atoms with van der Waals surface area (Å²) in [5.41, 5.74) is 5.08. The smallest absolute Gasteiger partial charge is 0.139 e. The predicted octanol–water partition coefficient (Wildman–Crippen LogP) is 1.06. The largest absolute Gasteiger partial charge is 0.409 e. The van der Waals surface area contributed by atoms with Gasteiger partial charge >= 0.3 is 0 Å². The maximum atomic E-state index is 7.93. The van der Waals surface area contributed by atoms with Crippen molar-refractivity contribution in [2.24, 2.45) is 10.9 Å². The Hall–Kier alpha value is -1.24. The molecule has 0 rings (SSSR count). The van der Waals surface area contributed by atoms with E-state index in [0.717, 1.165) is 6.42 Å². The highest BCUT2D eigenvalue weighted by atomic mass is 16.4. The zero-order valence-corrected chi connectivity index (χ0v) is 6.33. The summed E-state index contributed by atoms with van der Waals surface area (Å²) in [5.74, 6) is 0.308. The molecule has 0 saturated carbocycles. The maximum absolute atomic E-state index is 7.93. The molecule has 0 aliphatic heterocycles. The van der Waals surface area contributed by atoms with Crippen LogP contribution in [0, 0.1) is 11.3 Å². The number of amidine groups is 1. The first-order chi connectivity index (χ1) is 4.72. The van der Waals surface area contributed by atoms with Crippen molar-refractivity contribution in [2.45, 2.75) is 26.7 Å². The van der Waals surface area contributed by atoms with Gasteiger partial charge in [0.05, 0.1) is 6.07 Å². The van der Waals surface area contributed by atoms with Gasteiger partial charge in [-0.3, -0.25) is 0 Å². The highest BCUT2D eigenvalue weighted by molar-refractivity contribution is 5.79. The fraction of sp³-hybridized carbons (Fsp3) is 0.667. The lowest BCUT2D eigenvalue weighted by Crippen LogP contribution is -2.09. The molecule has 0 bridgehead atoms. The standard InChI is InChI=1S/C4H10N2O.C2H3N/c1-2-3-4(5)6-7;1-2-3/h7H,2-3H2,1H3,(H2,5,6);1H3. The second-order valence-electron chi connectivity index (χ2n) is 1.56. The van der Waals surface area contributed by atoms with Crippen LogP contribution in [0.2, 0.25) is 0 Å². The van der Waals surface area contributed by atoms with Crippen molar-refractivity contribution in [3.05, 3.63) is 0 Å². The average molecular weight is 143 g/mol. The molecule has 0 aromatic rings. The lowest BCUT2D eigenvalue weighted by molar-refractivity contribution is 0.317. The van der Waals surface area contributed by atoms with Gasteiger partial charge in [0.15, 0.2) is 0 Å². The monoisotopic (exact) mass is 143 g/mol. The van der Waals surface area contributed by atoms with E-state index >= 15 is 0 Å². The molecule has 58 valence electrons. The van der Waals surface area contributed by atoms with Crippen molar-refractivity contribution in [1.82, 2.24) is 0 Å². The Kier molecular flexibility index (Phi) is 12.3. The molecular formula is C6H13N3O. The molecule has 0 spiro atoms. The van der Waals surface area contributed by atoms with E-state index in [4.69, 9.17) is 16.2 Å². The fourth-order valence-corrected chi connectivity index (χ4v) is 0.306. The van der Waals surface area contributed by atoms with Gasteiger partial charge in [-0.15, -0.1) is 0 Å². The second kappa shape index (κ2) is 10.7. The number of nitriles is 1. The Morgan fingerprint density at radius 3 is 2.30 bits per heavy atom. The van der Waals surface area contributed by atoms with E-state index in [1.54, 1.807) is 6.07 Å². The lowest BCUT2D eigenvalue weighted by atomic mass is 10.3. The molecule has 0 heterocycles. The number of nitrogens with two attached hydrogens (primary N) is 1. The van der Waals surface area contributed by atoms with Gasteiger partial charge in [-0.05, 0) is 6.42 Å².